The summed E-state index contributed by atoms with van der Waals surface area (Å²) in [6.07, 6.45) is 1.62. The van der Waals surface area contributed by atoms with Gasteiger partial charge in [0.1, 0.15) is 10.8 Å². The fraction of sp³-hybridized carbons (Fsp3) is 0.238. The first kappa shape index (κ1) is 22.8. The number of aliphatic imine (C=N–C) groups is 1. The Morgan fingerprint density at radius 1 is 1.26 bits per heavy atom. The predicted octanol–water partition coefficient (Wildman–Crippen LogP) is 4.42. The SMILES string of the molecule is COc1ccc(N=C2S/C(=C/c3ccc(Cl)c([N+](=O)[O-])c3)C(=O)N2CCN(C)C)cc1. The van der Waals surface area contributed by atoms with Crippen molar-refractivity contribution in [3.05, 3.63) is 68.1 Å². The normalized spacial score (nSPS) is 16.5. The van der Waals surface area contributed by atoms with Crippen LogP contribution in [0.15, 0.2) is 52.4 Å². The lowest BCUT2D eigenvalue weighted by Crippen LogP contribution is -2.35. The standard InChI is InChI=1S/C21H21ClN4O4S/c1-24(2)10-11-25-20(27)19(13-14-4-9-17(22)18(12-14)26(28)29)31-21(25)23-15-5-7-16(30-3)8-6-15/h4-9,12-13H,10-11H2,1-3H3/b19-13+,23-21?. The van der Waals surface area contributed by atoms with Crippen molar-refractivity contribution >= 4 is 51.9 Å². The number of nitrogens with zero attached hydrogens (tertiary/aromatic N) is 4. The molecule has 0 unspecified atom stereocenters. The molecule has 2 aromatic rings. The predicted molar refractivity (Wildman–Crippen MR) is 124 cm³/mol. The minimum Gasteiger partial charge on any atom is -0.497 e. The van der Waals surface area contributed by atoms with Gasteiger partial charge < -0.3 is 9.64 Å². The Hall–Kier alpha value is -2.88. The number of halogens is 1. The largest absolute Gasteiger partial charge is 0.497 e. The number of benzene rings is 2. The molecule has 0 aliphatic carbocycles. The number of carbonyl (C=O) groups excluding carboxylic acids is 1. The van der Waals surface area contributed by atoms with Gasteiger partial charge in [0.2, 0.25) is 0 Å². The third-order valence-electron chi connectivity index (χ3n) is 4.42. The summed E-state index contributed by atoms with van der Waals surface area (Å²) in [5.41, 5.74) is 1.00. The van der Waals surface area contributed by atoms with Crippen molar-refractivity contribution in [1.29, 1.82) is 0 Å². The molecular formula is C21H21ClN4O4S. The van der Waals surface area contributed by atoms with E-state index in [0.29, 0.717) is 40.2 Å². The van der Waals surface area contributed by atoms with Crippen LogP contribution in [0, 0.1) is 10.1 Å². The summed E-state index contributed by atoms with van der Waals surface area (Å²) in [6.45, 7) is 1.12. The lowest BCUT2D eigenvalue weighted by atomic mass is 10.2. The van der Waals surface area contributed by atoms with Gasteiger partial charge >= 0.3 is 0 Å². The Balaban J connectivity index is 1.94. The summed E-state index contributed by atoms with van der Waals surface area (Å²) in [5, 5.41) is 11.8. The number of carbonyl (C=O) groups is 1. The van der Waals surface area contributed by atoms with Crippen LogP contribution in [0.3, 0.4) is 0 Å². The molecule has 31 heavy (non-hydrogen) atoms. The molecule has 1 saturated heterocycles. The van der Waals surface area contributed by atoms with Crippen molar-refractivity contribution in [2.24, 2.45) is 4.99 Å². The van der Waals surface area contributed by atoms with Gasteiger partial charge in [-0.05, 0) is 67.8 Å². The minimum atomic E-state index is -0.548. The summed E-state index contributed by atoms with van der Waals surface area (Å²) in [4.78, 5) is 32.3. The first-order chi connectivity index (χ1) is 14.8. The molecule has 1 fully saturated rings. The lowest BCUT2D eigenvalue weighted by Gasteiger charge is -2.18. The average Bonchev–Trinajstić information content (AvgIpc) is 3.02. The first-order valence-electron chi connectivity index (χ1n) is 9.31. The van der Waals surface area contributed by atoms with Crippen molar-refractivity contribution in [3.8, 4) is 5.75 Å². The molecule has 0 atom stereocenters. The number of hydrogen-bond acceptors (Lipinski definition) is 7. The average molecular weight is 461 g/mol. The first-order valence-corrected chi connectivity index (χ1v) is 10.5. The highest BCUT2D eigenvalue weighted by Crippen LogP contribution is 2.35. The van der Waals surface area contributed by atoms with Crippen LogP contribution >= 0.6 is 23.4 Å². The zero-order chi connectivity index (χ0) is 22.5. The maximum atomic E-state index is 13.1. The van der Waals surface area contributed by atoms with E-state index < -0.39 is 4.92 Å². The van der Waals surface area contributed by atoms with Crippen molar-refractivity contribution < 1.29 is 14.5 Å². The Bertz CT molecular complexity index is 1050. The molecule has 0 radical (unpaired) electrons. The van der Waals surface area contributed by atoms with Crippen molar-refractivity contribution in [3.63, 3.8) is 0 Å². The number of amides is 1. The quantitative estimate of drug-likeness (QED) is 0.345. The van der Waals surface area contributed by atoms with Crippen LogP contribution in [-0.4, -0.2) is 60.1 Å². The molecular weight excluding hydrogens is 440 g/mol. The molecule has 0 aromatic heterocycles. The van der Waals surface area contributed by atoms with Gasteiger partial charge in [-0.15, -0.1) is 0 Å². The third kappa shape index (κ3) is 5.63. The molecule has 1 aliphatic heterocycles. The van der Waals surface area contributed by atoms with Crippen molar-refractivity contribution in [2.45, 2.75) is 0 Å². The number of methoxy groups -OCH3 is 1. The topological polar surface area (TPSA) is 88.3 Å². The summed E-state index contributed by atoms with van der Waals surface area (Å²) < 4.78 is 5.17. The number of amidine groups is 1. The van der Waals surface area contributed by atoms with Gasteiger partial charge in [-0.25, -0.2) is 4.99 Å². The molecule has 0 N–H and O–H groups in total. The summed E-state index contributed by atoms with van der Waals surface area (Å²) in [5.74, 6) is 0.519. The van der Waals surface area contributed by atoms with Gasteiger partial charge in [-0.1, -0.05) is 17.7 Å². The summed E-state index contributed by atoms with van der Waals surface area (Å²) >= 11 is 7.12. The number of ether oxygens (including phenoxy) is 1. The second-order valence-electron chi connectivity index (χ2n) is 6.93. The number of rotatable bonds is 7. The van der Waals surface area contributed by atoms with E-state index in [1.54, 1.807) is 36.3 Å². The maximum absolute atomic E-state index is 13.1. The fourth-order valence-corrected chi connectivity index (χ4v) is 3.98. The Kier molecular flexibility index (Phi) is 7.32. The minimum absolute atomic E-state index is 0.0481. The zero-order valence-corrected chi connectivity index (χ0v) is 18.8. The second-order valence-corrected chi connectivity index (χ2v) is 8.35. The number of nitro groups is 1. The Morgan fingerprint density at radius 3 is 2.58 bits per heavy atom. The van der Waals surface area contributed by atoms with Crippen LogP contribution in [0.4, 0.5) is 11.4 Å². The molecule has 8 nitrogen and oxygen atoms in total. The number of hydrogen-bond donors (Lipinski definition) is 0. The van der Waals surface area contributed by atoms with E-state index in [2.05, 4.69) is 4.99 Å². The highest BCUT2D eigenvalue weighted by molar-refractivity contribution is 8.18. The van der Waals surface area contributed by atoms with E-state index in [1.807, 2.05) is 31.1 Å². The highest BCUT2D eigenvalue weighted by Gasteiger charge is 2.33. The Labute approximate surface area is 189 Å². The molecule has 3 rings (SSSR count). The lowest BCUT2D eigenvalue weighted by molar-refractivity contribution is -0.384. The summed E-state index contributed by atoms with van der Waals surface area (Å²) in [7, 11) is 5.45. The van der Waals surface area contributed by atoms with Crippen molar-refractivity contribution in [1.82, 2.24) is 9.80 Å². The van der Waals surface area contributed by atoms with Gasteiger partial charge in [0.05, 0.1) is 22.6 Å². The van der Waals surface area contributed by atoms with Gasteiger partial charge in [0.15, 0.2) is 5.17 Å². The van der Waals surface area contributed by atoms with Crippen molar-refractivity contribution in [2.75, 3.05) is 34.3 Å². The van der Waals surface area contributed by atoms with E-state index in [9.17, 15) is 14.9 Å². The number of likely N-dealkylation sites (N-methyl/N-ethyl adjacent to an activating group) is 1. The monoisotopic (exact) mass is 460 g/mol. The second kappa shape index (κ2) is 9.95. The van der Waals surface area contributed by atoms with Crippen LogP contribution in [0.2, 0.25) is 5.02 Å². The number of thioether (sulfide) groups is 1. The van der Waals surface area contributed by atoms with Gasteiger partial charge in [-0.3, -0.25) is 19.8 Å². The van der Waals surface area contributed by atoms with Crippen LogP contribution in [0.1, 0.15) is 5.56 Å². The Morgan fingerprint density at radius 2 is 1.97 bits per heavy atom. The molecule has 10 heteroatoms. The molecule has 0 bridgehead atoms. The molecule has 2 aromatic carbocycles. The van der Waals surface area contributed by atoms with E-state index in [0.717, 1.165) is 0 Å². The molecule has 1 aliphatic rings. The molecule has 162 valence electrons. The van der Waals surface area contributed by atoms with E-state index in [-0.39, 0.29) is 16.6 Å². The van der Waals surface area contributed by atoms with Crippen LogP contribution in [0.5, 0.6) is 5.75 Å². The third-order valence-corrected chi connectivity index (χ3v) is 5.75. The molecule has 0 spiro atoms. The van der Waals surface area contributed by atoms with Crippen LogP contribution < -0.4 is 4.74 Å². The van der Waals surface area contributed by atoms with Gasteiger partial charge in [-0.2, -0.15) is 0 Å². The molecule has 1 amide bonds. The van der Waals surface area contributed by atoms with Gasteiger partial charge in [0, 0.05) is 19.2 Å². The number of nitro benzene ring substituents is 1. The van der Waals surface area contributed by atoms with E-state index in [1.165, 1.54) is 23.9 Å². The van der Waals surface area contributed by atoms with E-state index >= 15 is 0 Å². The zero-order valence-electron chi connectivity index (χ0n) is 17.2. The van der Waals surface area contributed by atoms with Crippen LogP contribution in [-0.2, 0) is 4.79 Å². The fourth-order valence-electron chi connectivity index (χ4n) is 2.77. The molecule has 1 heterocycles. The van der Waals surface area contributed by atoms with Crippen LogP contribution in [0.25, 0.3) is 6.08 Å². The molecule has 0 saturated carbocycles. The summed E-state index contributed by atoms with van der Waals surface area (Å²) in [6, 6.07) is 11.7. The van der Waals surface area contributed by atoms with Gasteiger partial charge in [0.25, 0.3) is 11.6 Å². The maximum Gasteiger partial charge on any atom is 0.288 e. The van der Waals surface area contributed by atoms with E-state index in [4.69, 9.17) is 16.3 Å². The highest BCUT2D eigenvalue weighted by atomic mass is 35.5. The smallest absolute Gasteiger partial charge is 0.288 e.